The molecule has 0 aliphatic carbocycles. The van der Waals surface area contributed by atoms with Gasteiger partial charge in [0.1, 0.15) is 0 Å². The quantitative estimate of drug-likeness (QED) is 0.786. The maximum atomic E-state index is 11.5. The monoisotopic (exact) mass is 285 g/mol. The summed E-state index contributed by atoms with van der Waals surface area (Å²) >= 11 is 0. The number of sulfone groups is 1. The topological polar surface area (TPSA) is 57.6 Å². The van der Waals surface area contributed by atoms with Crippen LogP contribution in [-0.2, 0) is 9.84 Å². The summed E-state index contributed by atoms with van der Waals surface area (Å²) < 4.78 is 23.1. The highest BCUT2D eigenvalue weighted by molar-refractivity contribution is 7.91. The van der Waals surface area contributed by atoms with Gasteiger partial charge in [0.05, 0.1) is 5.75 Å². The number of nitrogens with zero attached hydrogens (tertiary/aromatic N) is 1. The Morgan fingerprint density at radius 1 is 1.26 bits per heavy atom. The molecule has 0 saturated heterocycles. The summed E-state index contributed by atoms with van der Waals surface area (Å²) in [6, 6.07) is 9.92. The molecule has 0 amide bonds. The van der Waals surface area contributed by atoms with Crippen molar-refractivity contribution in [3.05, 3.63) is 35.9 Å². The lowest BCUT2D eigenvalue weighted by molar-refractivity contribution is 0.192. The van der Waals surface area contributed by atoms with Gasteiger partial charge in [0.25, 0.3) is 0 Å². The van der Waals surface area contributed by atoms with Gasteiger partial charge in [0, 0.05) is 24.9 Å². The molecule has 0 aromatic heterocycles. The van der Waals surface area contributed by atoms with E-state index < -0.39 is 9.84 Å². The van der Waals surface area contributed by atoms with Crippen molar-refractivity contribution < 1.29 is 13.5 Å². The van der Waals surface area contributed by atoms with Crippen molar-refractivity contribution in [2.75, 3.05) is 31.7 Å². The van der Waals surface area contributed by atoms with E-state index in [1.807, 2.05) is 42.3 Å². The van der Waals surface area contributed by atoms with E-state index in [9.17, 15) is 13.5 Å². The smallest absolute Gasteiger partial charge is 0.151 e. The molecule has 5 heteroatoms. The largest absolute Gasteiger partial charge is 0.396 e. The fourth-order valence-corrected chi connectivity index (χ4v) is 2.88. The van der Waals surface area contributed by atoms with Crippen LogP contribution in [-0.4, -0.2) is 50.1 Å². The number of aliphatic hydroxyl groups excluding tert-OH is 1. The summed E-state index contributed by atoms with van der Waals surface area (Å²) in [5.74, 6) is 0.339. The second kappa shape index (κ2) is 7.62. The van der Waals surface area contributed by atoms with Crippen LogP contribution in [0.15, 0.2) is 30.3 Å². The highest BCUT2D eigenvalue weighted by Gasteiger charge is 2.18. The number of hydrogen-bond donors (Lipinski definition) is 1. The minimum Gasteiger partial charge on any atom is -0.396 e. The second-order valence-corrected chi connectivity index (χ2v) is 7.13. The molecule has 0 aliphatic rings. The van der Waals surface area contributed by atoms with Gasteiger partial charge in [-0.3, -0.25) is 4.90 Å². The maximum absolute atomic E-state index is 11.5. The van der Waals surface area contributed by atoms with Crippen molar-refractivity contribution in [1.29, 1.82) is 0 Å². The molecule has 0 bridgehead atoms. The van der Waals surface area contributed by atoms with Gasteiger partial charge in [-0.1, -0.05) is 37.3 Å². The third kappa shape index (κ3) is 5.30. The lowest BCUT2D eigenvalue weighted by Crippen LogP contribution is -2.31. The molecule has 0 spiro atoms. The zero-order chi connectivity index (χ0) is 14.3. The Hall–Kier alpha value is -0.910. The molecule has 1 aromatic rings. The third-order valence-corrected chi connectivity index (χ3v) is 5.00. The van der Waals surface area contributed by atoms with Crippen LogP contribution in [0.1, 0.15) is 24.9 Å². The number of benzene rings is 1. The number of hydrogen-bond acceptors (Lipinski definition) is 4. The summed E-state index contributed by atoms with van der Waals surface area (Å²) in [5.41, 5.74) is 1.10. The fraction of sp³-hybridized carbons (Fsp3) is 0.571. The molecule has 0 saturated carbocycles. The van der Waals surface area contributed by atoms with Gasteiger partial charge in [-0.05, 0) is 19.0 Å². The molecule has 108 valence electrons. The third-order valence-electron chi connectivity index (χ3n) is 3.31. The molecule has 0 heterocycles. The lowest BCUT2D eigenvalue weighted by atomic mass is 10.0. The number of aliphatic hydroxyl groups is 1. The second-order valence-electron chi connectivity index (χ2n) is 4.66. The Balaban J connectivity index is 2.72. The highest BCUT2D eigenvalue weighted by Crippen LogP contribution is 2.22. The first-order chi connectivity index (χ1) is 9.00. The minimum atomic E-state index is -2.95. The molecule has 0 radical (unpaired) electrons. The minimum absolute atomic E-state index is 0.0539. The molecule has 0 aliphatic heterocycles. The zero-order valence-electron chi connectivity index (χ0n) is 11.6. The lowest BCUT2D eigenvalue weighted by Gasteiger charge is -2.28. The molecule has 1 rings (SSSR count). The molecule has 1 aromatic carbocycles. The van der Waals surface area contributed by atoms with Crippen molar-refractivity contribution in [3.8, 4) is 0 Å². The predicted octanol–water partition coefficient (Wildman–Crippen LogP) is 1.48. The fourth-order valence-electron chi connectivity index (χ4n) is 2.02. The predicted molar refractivity (Wildman–Crippen MR) is 77.8 cm³/mol. The summed E-state index contributed by atoms with van der Waals surface area (Å²) in [6.45, 7) is 2.23. The summed E-state index contributed by atoms with van der Waals surface area (Å²) in [5, 5.41) is 9.18. The van der Waals surface area contributed by atoms with E-state index in [0.717, 1.165) is 5.56 Å². The van der Waals surface area contributed by atoms with Crippen molar-refractivity contribution in [2.45, 2.75) is 19.4 Å². The van der Waals surface area contributed by atoms with Gasteiger partial charge < -0.3 is 5.11 Å². The summed E-state index contributed by atoms with van der Waals surface area (Å²) in [6.07, 6.45) is 0.604. The molecular weight excluding hydrogens is 262 g/mol. The van der Waals surface area contributed by atoms with Crippen LogP contribution in [0.4, 0.5) is 0 Å². The van der Waals surface area contributed by atoms with E-state index in [1.54, 1.807) is 6.92 Å². The maximum Gasteiger partial charge on any atom is 0.151 e. The Morgan fingerprint density at radius 3 is 2.42 bits per heavy atom. The summed E-state index contributed by atoms with van der Waals surface area (Å²) in [7, 11) is -1.05. The first kappa shape index (κ1) is 16.1. The van der Waals surface area contributed by atoms with E-state index in [1.165, 1.54) is 0 Å². The van der Waals surface area contributed by atoms with Gasteiger partial charge >= 0.3 is 0 Å². The Bertz CT molecular complexity index is 459. The van der Waals surface area contributed by atoms with Crippen LogP contribution in [0.25, 0.3) is 0 Å². The van der Waals surface area contributed by atoms with Crippen molar-refractivity contribution in [1.82, 2.24) is 4.90 Å². The number of rotatable bonds is 8. The molecule has 4 nitrogen and oxygen atoms in total. The van der Waals surface area contributed by atoms with E-state index in [-0.39, 0.29) is 24.2 Å². The van der Waals surface area contributed by atoms with Crippen LogP contribution >= 0.6 is 0 Å². The van der Waals surface area contributed by atoms with Crippen LogP contribution in [0.5, 0.6) is 0 Å². The Labute approximate surface area is 116 Å². The van der Waals surface area contributed by atoms with Crippen LogP contribution < -0.4 is 0 Å². The van der Waals surface area contributed by atoms with Gasteiger partial charge in [0.2, 0.25) is 0 Å². The standard InChI is InChI=1S/C14H23NO3S/c1-3-19(17,18)12-10-15(2)14(9-11-16)13-7-5-4-6-8-13/h4-8,14,16H,3,9-12H2,1-2H3. The van der Waals surface area contributed by atoms with Crippen LogP contribution in [0.3, 0.4) is 0 Å². The molecule has 1 N–H and O–H groups in total. The molecule has 0 fully saturated rings. The van der Waals surface area contributed by atoms with Crippen LogP contribution in [0, 0.1) is 0 Å². The SMILES string of the molecule is CCS(=O)(=O)CCN(C)C(CCO)c1ccccc1. The first-order valence-corrected chi connectivity index (χ1v) is 8.38. The first-order valence-electron chi connectivity index (χ1n) is 6.56. The van der Waals surface area contributed by atoms with Crippen LogP contribution in [0.2, 0.25) is 0 Å². The highest BCUT2D eigenvalue weighted by atomic mass is 32.2. The Kier molecular flexibility index (Phi) is 6.48. The van der Waals surface area contributed by atoms with E-state index >= 15 is 0 Å². The van der Waals surface area contributed by atoms with Crippen molar-refractivity contribution in [3.63, 3.8) is 0 Å². The normalized spacial score (nSPS) is 13.7. The van der Waals surface area contributed by atoms with E-state index in [4.69, 9.17) is 0 Å². The van der Waals surface area contributed by atoms with E-state index in [2.05, 4.69) is 0 Å². The average Bonchev–Trinajstić information content (AvgIpc) is 2.43. The van der Waals surface area contributed by atoms with Gasteiger partial charge in [-0.2, -0.15) is 0 Å². The van der Waals surface area contributed by atoms with Crippen molar-refractivity contribution >= 4 is 9.84 Å². The summed E-state index contributed by atoms with van der Waals surface area (Å²) in [4.78, 5) is 2.00. The molecule has 1 unspecified atom stereocenters. The molecule has 19 heavy (non-hydrogen) atoms. The molecule has 1 atom stereocenters. The Morgan fingerprint density at radius 2 is 1.89 bits per heavy atom. The van der Waals surface area contributed by atoms with Gasteiger partial charge in [-0.25, -0.2) is 8.42 Å². The average molecular weight is 285 g/mol. The van der Waals surface area contributed by atoms with Gasteiger partial charge in [-0.15, -0.1) is 0 Å². The van der Waals surface area contributed by atoms with Crippen molar-refractivity contribution in [2.24, 2.45) is 0 Å². The zero-order valence-corrected chi connectivity index (χ0v) is 12.4. The van der Waals surface area contributed by atoms with E-state index in [0.29, 0.717) is 13.0 Å². The van der Waals surface area contributed by atoms with Gasteiger partial charge in [0.15, 0.2) is 9.84 Å². The molecular formula is C14H23NO3S.